The van der Waals surface area contributed by atoms with Crippen LogP contribution < -0.4 is 4.90 Å². The Bertz CT molecular complexity index is 947. The molecule has 1 aliphatic rings. The van der Waals surface area contributed by atoms with E-state index in [1.54, 1.807) is 0 Å². The SMILES string of the molecule is CN1/C(=C/c2nc(C#N)c(C#N)nc2Cl)C(C)(C)c2ccccc21. The Hall–Kier alpha value is -2.89. The molecule has 0 saturated carbocycles. The summed E-state index contributed by atoms with van der Waals surface area (Å²) in [7, 11) is 1.98. The third-order valence-corrected chi connectivity index (χ3v) is 4.58. The number of nitriles is 2. The molecule has 0 N–H and O–H groups in total. The van der Waals surface area contributed by atoms with Gasteiger partial charge in [-0.05, 0) is 17.7 Å². The van der Waals surface area contributed by atoms with Gasteiger partial charge in [-0.1, -0.05) is 43.6 Å². The molecular formula is C18H14ClN5. The van der Waals surface area contributed by atoms with Gasteiger partial charge in [-0.15, -0.1) is 0 Å². The highest BCUT2D eigenvalue weighted by atomic mass is 35.5. The Labute approximate surface area is 145 Å². The van der Waals surface area contributed by atoms with E-state index >= 15 is 0 Å². The van der Waals surface area contributed by atoms with Crippen LogP contribution in [0.15, 0.2) is 30.0 Å². The number of hydrogen-bond donors (Lipinski definition) is 0. The highest BCUT2D eigenvalue weighted by Gasteiger charge is 2.38. The van der Waals surface area contributed by atoms with Crippen LogP contribution in [0.3, 0.4) is 0 Å². The van der Waals surface area contributed by atoms with Gasteiger partial charge in [0.05, 0.1) is 0 Å². The Morgan fingerprint density at radius 2 is 1.75 bits per heavy atom. The number of benzene rings is 1. The standard InChI is InChI=1S/C18H14ClN5/c1-18(2)11-6-4-5-7-15(11)24(3)16(18)8-12-17(19)23-14(10-21)13(9-20)22-12/h4-8H,1-3H3/b16-8+. The van der Waals surface area contributed by atoms with Gasteiger partial charge in [-0.25, -0.2) is 9.97 Å². The number of likely N-dealkylation sites (N-methyl/N-ethyl adjacent to an activating group) is 1. The second kappa shape index (κ2) is 5.63. The van der Waals surface area contributed by atoms with Crippen molar-refractivity contribution in [3.05, 3.63) is 57.8 Å². The predicted octanol–water partition coefficient (Wildman–Crippen LogP) is 3.64. The van der Waals surface area contributed by atoms with Gasteiger partial charge in [0.1, 0.15) is 17.8 Å². The zero-order valence-corrected chi connectivity index (χ0v) is 14.3. The Morgan fingerprint density at radius 3 is 2.38 bits per heavy atom. The summed E-state index contributed by atoms with van der Waals surface area (Å²) < 4.78 is 0. The van der Waals surface area contributed by atoms with Crippen molar-refractivity contribution >= 4 is 23.4 Å². The molecule has 0 atom stereocenters. The number of halogens is 1. The van der Waals surface area contributed by atoms with Crippen molar-refractivity contribution in [1.29, 1.82) is 10.5 Å². The van der Waals surface area contributed by atoms with Crippen LogP contribution in [0.2, 0.25) is 5.15 Å². The lowest BCUT2D eigenvalue weighted by Crippen LogP contribution is -2.22. The summed E-state index contributed by atoms with van der Waals surface area (Å²) in [5.74, 6) is 0. The first-order valence-electron chi connectivity index (χ1n) is 7.33. The zero-order valence-electron chi connectivity index (χ0n) is 13.5. The molecular weight excluding hydrogens is 322 g/mol. The van der Waals surface area contributed by atoms with Gasteiger partial charge in [0, 0.05) is 23.8 Å². The monoisotopic (exact) mass is 335 g/mol. The lowest BCUT2D eigenvalue weighted by Gasteiger charge is -2.24. The normalized spacial score (nSPS) is 16.6. The summed E-state index contributed by atoms with van der Waals surface area (Å²) in [5, 5.41) is 18.3. The van der Waals surface area contributed by atoms with Crippen LogP contribution in [0.25, 0.3) is 6.08 Å². The van der Waals surface area contributed by atoms with E-state index in [1.165, 1.54) is 5.56 Å². The molecule has 0 saturated heterocycles. The van der Waals surface area contributed by atoms with Crippen molar-refractivity contribution in [2.45, 2.75) is 19.3 Å². The number of aromatic nitrogens is 2. The summed E-state index contributed by atoms with van der Waals surface area (Å²) >= 11 is 6.17. The maximum atomic E-state index is 9.14. The molecule has 2 heterocycles. The number of nitrogens with zero attached hydrogens (tertiary/aromatic N) is 5. The van der Waals surface area contributed by atoms with Crippen molar-refractivity contribution in [3.63, 3.8) is 0 Å². The fourth-order valence-electron chi connectivity index (χ4n) is 3.06. The molecule has 24 heavy (non-hydrogen) atoms. The summed E-state index contributed by atoms with van der Waals surface area (Å²) in [6.45, 7) is 4.24. The van der Waals surface area contributed by atoms with Crippen LogP contribution in [0.4, 0.5) is 5.69 Å². The minimum atomic E-state index is -0.239. The van der Waals surface area contributed by atoms with Gasteiger partial charge in [0.25, 0.3) is 0 Å². The molecule has 5 nitrogen and oxygen atoms in total. The van der Waals surface area contributed by atoms with E-state index in [0.717, 1.165) is 11.4 Å². The van der Waals surface area contributed by atoms with Gasteiger partial charge < -0.3 is 4.90 Å². The van der Waals surface area contributed by atoms with Crippen molar-refractivity contribution in [3.8, 4) is 12.1 Å². The second-order valence-corrected chi connectivity index (χ2v) is 6.41. The number of allylic oxidation sites excluding steroid dienone is 1. The van der Waals surface area contributed by atoms with Crippen LogP contribution in [-0.2, 0) is 5.41 Å². The largest absolute Gasteiger partial charge is 0.347 e. The molecule has 3 rings (SSSR count). The first-order valence-corrected chi connectivity index (χ1v) is 7.71. The minimum Gasteiger partial charge on any atom is -0.347 e. The third kappa shape index (κ3) is 2.31. The van der Waals surface area contributed by atoms with Crippen LogP contribution in [0.5, 0.6) is 0 Å². The second-order valence-electron chi connectivity index (χ2n) is 6.05. The fourth-order valence-corrected chi connectivity index (χ4v) is 3.25. The molecule has 0 spiro atoms. The van der Waals surface area contributed by atoms with E-state index < -0.39 is 0 Å². The molecule has 1 aromatic carbocycles. The quantitative estimate of drug-likeness (QED) is 0.795. The van der Waals surface area contributed by atoms with Crippen LogP contribution in [0, 0.1) is 22.7 Å². The van der Waals surface area contributed by atoms with Gasteiger partial charge in [-0.2, -0.15) is 10.5 Å². The smallest absolute Gasteiger partial charge is 0.178 e. The first-order chi connectivity index (χ1) is 11.4. The number of para-hydroxylation sites is 1. The summed E-state index contributed by atoms with van der Waals surface area (Å²) in [5.41, 5.74) is 3.38. The number of fused-ring (bicyclic) bond motifs is 1. The van der Waals surface area contributed by atoms with Gasteiger partial charge >= 0.3 is 0 Å². The molecule has 1 aromatic heterocycles. The van der Waals surface area contributed by atoms with E-state index in [1.807, 2.05) is 37.4 Å². The maximum Gasteiger partial charge on any atom is 0.178 e. The molecule has 0 amide bonds. The molecule has 0 fully saturated rings. The molecule has 2 aromatic rings. The molecule has 1 aliphatic heterocycles. The minimum absolute atomic E-state index is 0.0234. The first kappa shape index (κ1) is 16.0. The van der Waals surface area contributed by atoms with E-state index in [0.29, 0.717) is 5.69 Å². The van der Waals surface area contributed by atoms with E-state index in [4.69, 9.17) is 22.1 Å². The molecule has 0 unspecified atom stereocenters. The number of anilines is 1. The summed E-state index contributed by atoms with van der Waals surface area (Å²) in [6, 6.07) is 11.9. The Morgan fingerprint density at radius 1 is 1.12 bits per heavy atom. The third-order valence-electron chi connectivity index (χ3n) is 4.30. The van der Waals surface area contributed by atoms with Gasteiger partial charge in [0.15, 0.2) is 16.5 Å². The average molecular weight is 336 g/mol. The molecule has 0 bridgehead atoms. The van der Waals surface area contributed by atoms with E-state index in [9.17, 15) is 0 Å². The van der Waals surface area contributed by atoms with E-state index in [2.05, 4.69) is 40.8 Å². The Kier molecular flexibility index (Phi) is 3.75. The van der Waals surface area contributed by atoms with Crippen LogP contribution in [-0.4, -0.2) is 17.0 Å². The topological polar surface area (TPSA) is 76.6 Å². The maximum absolute atomic E-state index is 9.14. The van der Waals surface area contributed by atoms with Gasteiger partial charge in [0.2, 0.25) is 0 Å². The summed E-state index contributed by atoms with van der Waals surface area (Å²) in [6.07, 6.45) is 1.83. The van der Waals surface area contributed by atoms with Crippen molar-refractivity contribution in [1.82, 2.24) is 9.97 Å². The average Bonchev–Trinajstić information content (AvgIpc) is 2.77. The van der Waals surface area contributed by atoms with Gasteiger partial charge in [-0.3, -0.25) is 0 Å². The molecule has 0 radical (unpaired) electrons. The molecule has 118 valence electrons. The van der Waals surface area contributed by atoms with Crippen LogP contribution in [0.1, 0.15) is 36.5 Å². The highest BCUT2D eigenvalue weighted by Crippen LogP contribution is 2.47. The van der Waals surface area contributed by atoms with Crippen molar-refractivity contribution in [2.24, 2.45) is 0 Å². The van der Waals surface area contributed by atoms with Crippen LogP contribution >= 0.6 is 11.6 Å². The number of hydrogen-bond acceptors (Lipinski definition) is 5. The van der Waals surface area contributed by atoms with E-state index in [-0.39, 0.29) is 22.0 Å². The summed E-state index contributed by atoms with van der Waals surface area (Å²) in [4.78, 5) is 10.3. The Balaban J connectivity index is 2.18. The number of rotatable bonds is 1. The lowest BCUT2D eigenvalue weighted by molar-refractivity contribution is 0.644. The lowest BCUT2D eigenvalue weighted by atomic mass is 9.83. The fraction of sp³-hybridized carbons (Fsp3) is 0.222. The molecule has 0 aliphatic carbocycles. The van der Waals surface area contributed by atoms with Crippen molar-refractivity contribution < 1.29 is 0 Å². The highest BCUT2D eigenvalue weighted by molar-refractivity contribution is 6.30. The predicted molar refractivity (Wildman–Crippen MR) is 92.3 cm³/mol. The zero-order chi connectivity index (χ0) is 17.5. The molecule has 6 heteroatoms. The van der Waals surface area contributed by atoms with Crippen molar-refractivity contribution in [2.75, 3.05) is 11.9 Å².